The quantitative estimate of drug-likeness (QED) is 0.644. The number of nitrogens with zero attached hydrogens (tertiary/aromatic N) is 2. The van der Waals surface area contributed by atoms with Crippen LogP contribution in [0.25, 0.3) is 0 Å². The number of halogens is 2. The number of pyridine rings is 1. The number of hydrogen-bond acceptors (Lipinski definition) is 2. The molecule has 4 heteroatoms. The highest BCUT2D eigenvalue weighted by Gasteiger charge is 2.14. The standard InChI is InChI=1S/C8H6F2N2/c1-5-3-12-4-7(8(9)10)6(5)2-11/h3-4,8H,1H3. The van der Waals surface area contributed by atoms with Gasteiger partial charge >= 0.3 is 0 Å². The van der Waals surface area contributed by atoms with Crippen LogP contribution in [0.4, 0.5) is 8.78 Å². The first-order valence-electron chi connectivity index (χ1n) is 3.29. The van der Waals surface area contributed by atoms with Crippen molar-refractivity contribution in [1.29, 1.82) is 5.26 Å². The van der Waals surface area contributed by atoms with E-state index in [0.29, 0.717) is 5.56 Å². The highest BCUT2D eigenvalue weighted by Crippen LogP contribution is 2.22. The van der Waals surface area contributed by atoms with Gasteiger partial charge in [-0.3, -0.25) is 4.98 Å². The number of alkyl halides is 2. The molecular weight excluding hydrogens is 162 g/mol. The molecule has 0 aliphatic rings. The second-order valence-corrected chi connectivity index (χ2v) is 2.33. The van der Waals surface area contributed by atoms with E-state index in [4.69, 9.17) is 5.26 Å². The fraction of sp³-hybridized carbons (Fsp3) is 0.250. The fourth-order valence-corrected chi connectivity index (χ4v) is 0.904. The van der Waals surface area contributed by atoms with Gasteiger partial charge in [-0.2, -0.15) is 5.26 Å². The maximum absolute atomic E-state index is 12.2. The minimum absolute atomic E-state index is 0.0278. The maximum Gasteiger partial charge on any atom is 0.266 e. The van der Waals surface area contributed by atoms with Crippen LogP contribution in [-0.4, -0.2) is 4.98 Å². The van der Waals surface area contributed by atoms with Crippen molar-refractivity contribution < 1.29 is 8.78 Å². The fourth-order valence-electron chi connectivity index (χ4n) is 0.904. The third-order valence-corrected chi connectivity index (χ3v) is 1.51. The van der Waals surface area contributed by atoms with Crippen molar-refractivity contribution in [3.8, 4) is 6.07 Å². The Morgan fingerprint density at radius 3 is 2.58 bits per heavy atom. The minimum atomic E-state index is -2.63. The van der Waals surface area contributed by atoms with Crippen LogP contribution in [0.5, 0.6) is 0 Å². The topological polar surface area (TPSA) is 36.7 Å². The van der Waals surface area contributed by atoms with Crippen LogP contribution >= 0.6 is 0 Å². The van der Waals surface area contributed by atoms with Gasteiger partial charge in [0.05, 0.1) is 11.1 Å². The second-order valence-electron chi connectivity index (χ2n) is 2.33. The van der Waals surface area contributed by atoms with Gasteiger partial charge in [0.1, 0.15) is 6.07 Å². The Morgan fingerprint density at radius 1 is 1.50 bits per heavy atom. The zero-order chi connectivity index (χ0) is 9.14. The van der Waals surface area contributed by atoms with Gasteiger partial charge in [0.2, 0.25) is 0 Å². The van der Waals surface area contributed by atoms with Crippen molar-refractivity contribution in [2.75, 3.05) is 0 Å². The van der Waals surface area contributed by atoms with Crippen molar-refractivity contribution >= 4 is 0 Å². The van der Waals surface area contributed by atoms with Crippen LogP contribution in [0.1, 0.15) is 23.1 Å². The van der Waals surface area contributed by atoms with Gasteiger partial charge in [0.15, 0.2) is 0 Å². The zero-order valence-electron chi connectivity index (χ0n) is 6.38. The molecule has 1 rings (SSSR count). The van der Waals surface area contributed by atoms with Crippen molar-refractivity contribution in [2.45, 2.75) is 13.3 Å². The molecule has 0 atom stereocenters. The average Bonchev–Trinajstić information content (AvgIpc) is 2.03. The first kappa shape index (κ1) is 8.60. The third kappa shape index (κ3) is 1.40. The van der Waals surface area contributed by atoms with Crippen LogP contribution in [0, 0.1) is 18.3 Å². The summed E-state index contributed by atoms with van der Waals surface area (Å²) in [4.78, 5) is 3.58. The molecule has 0 spiro atoms. The molecule has 62 valence electrons. The normalized spacial score (nSPS) is 9.92. The van der Waals surface area contributed by atoms with Crippen LogP contribution in [-0.2, 0) is 0 Å². The minimum Gasteiger partial charge on any atom is -0.264 e. The molecular formula is C8H6F2N2. The molecule has 0 unspecified atom stereocenters. The molecule has 0 aliphatic carbocycles. The van der Waals surface area contributed by atoms with Gasteiger partial charge in [0.25, 0.3) is 6.43 Å². The molecule has 1 aromatic rings. The van der Waals surface area contributed by atoms with Gasteiger partial charge in [-0.25, -0.2) is 8.78 Å². The number of hydrogen-bond donors (Lipinski definition) is 0. The summed E-state index contributed by atoms with van der Waals surface area (Å²) in [5, 5.41) is 8.54. The number of nitriles is 1. The molecule has 0 amide bonds. The summed E-state index contributed by atoms with van der Waals surface area (Å²) >= 11 is 0. The predicted molar refractivity (Wildman–Crippen MR) is 38.6 cm³/mol. The Bertz CT molecular complexity index is 328. The van der Waals surface area contributed by atoms with E-state index in [-0.39, 0.29) is 11.1 Å². The number of aromatic nitrogens is 1. The lowest BCUT2D eigenvalue weighted by Gasteiger charge is -2.02. The lowest BCUT2D eigenvalue weighted by Crippen LogP contribution is -1.94. The van der Waals surface area contributed by atoms with Crippen LogP contribution in [0.2, 0.25) is 0 Å². The molecule has 0 radical (unpaired) electrons. The monoisotopic (exact) mass is 168 g/mol. The summed E-state index contributed by atoms with van der Waals surface area (Å²) in [5.41, 5.74) is 0.216. The van der Waals surface area contributed by atoms with E-state index in [0.717, 1.165) is 6.20 Å². The van der Waals surface area contributed by atoms with Crippen molar-refractivity contribution in [3.05, 3.63) is 29.1 Å². The number of aryl methyl sites for hydroxylation is 1. The Morgan fingerprint density at radius 2 is 2.17 bits per heavy atom. The summed E-state index contributed by atoms with van der Waals surface area (Å²) in [6, 6.07) is 1.73. The van der Waals surface area contributed by atoms with Crippen molar-refractivity contribution in [3.63, 3.8) is 0 Å². The van der Waals surface area contributed by atoms with Crippen LogP contribution in [0.3, 0.4) is 0 Å². The molecule has 2 nitrogen and oxygen atoms in total. The van der Waals surface area contributed by atoms with Crippen molar-refractivity contribution in [2.24, 2.45) is 0 Å². The number of rotatable bonds is 1. The molecule has 1 aromatic heterocycles. The molecule has 0 fully saturated rings. The Labute approximate surface area is 68.5 Å². The van der Waals surface area contributed by atoms with E-state index < -0.39 is 6.43 Å². The van der Waals surface area contributed by atoms with E-state index in [1.807, 2.05) is 0 Å². The van der Waals surface area contributed by atoms with E-state index in [1.165, 1.54) is 6.20 Å². The van der Waals surface area contributed by atoms with Gasteiger partial charge in [-0.05, 0) is 12.5 Å². The van der Waals surface area contributed by atoms with Gasteiger partial charge in [-0.1, -0.05) is 0 Å². The molecule has 12 heavy (non-hydrogen) atoms. The summed E-state index contributed by atoms with van der Waals surface area (Å²) < 4.78 is 24.4. The van der Waals surface area contributed by atoms with Crippen LogP contribution in [0.15, 0.2) is 12.4 Å². The molecule has 0 saturated carbocycles. The summed E-state index contributed by atoms with van der Waals surface area (Å²) in [7, 11) is 0. The molecule has 1 heterocycles. The largest absolute Gasteiger partial charge is 0.266 e. The Hall–Kier alpha value is -1.50. The van der Waals surface area contributed by atoms with Gasteiger partial charge < -0.3 is 0 Å². The first-order chi connectivity index (χ1) is 5.66. The van der Waals surface area contributed by atoms with E-state index in [2.05, 4.69) is 4.98 Å². The zero-order valence-corrected chi connectivity index (χ0v) is 6.38. The van der Waals surface area contributed by atoms with Crippen molar-refractivity contribution in [1.82, 2.24) is 4.98 Å². The third-order valence-electron chi connectivity index (χ3n) is 1.51. The molecule has 0 saturated heterocycles. The molecule has 0 aromatic carbocycles. The smallest absolute Gasteiger partial charge is 0.264 e. The molecule has 0 N–H and O–H groups in total. The summed E-state index contributed by atoms with van der Waals surface area (Å²) in [5.74, 6) is 0. The molecule has 0 aliphatic heterocycles. The summed E-state index contributed by atoms with van der Waals surface area (Å²) in [6.07, 6.45) is -0.215. The van der Waals surface area contributed by atoms with Gasteiger partial charge in [0, 0.05) is 12.4 Å². The lowest BCUT2D eigenvalue weighted by molar-refractivity contribution is 0.150. The van der Waals surface area contributed by atoms with E-state index >= 15 is 0 Å². The highest BCUT2D eigenvalue weighted by atomic mass is 19.3. The average molecular weight is 168 g/mol. The SMILES string of the molecule is Cc1cncc(C(F)F)c1C#N. The summed E-state index contributed by atoms with van der Waals surface area (Å²) in [6.45, 7) is 1.58. The lowest BCUT2D eigenvalue weighted by atomic mass is 10.1. The first-order valence-corrected chi connectivity index (χ1v) is 3.29. The maximum atomic E-state index is 12.2. The van der Waals surface area contributed by atoms with E-state index in [9.17, 15) is 8.78 Å². The molecule has 0 bridgehead atoms. The Kier molecular flexibility index (Phi) is 2.34. The Balaban J connectivity index is 3.30. The van der Waals surface area contributed by atoms with Crippen LogP contribution < -0.4 is 0 Å². The van der Waals surface area contributed by atoms with Gasteiger partial charge in [-0.15, -0.1) is 0 Å². The second kappa shape index (κ2) is 3.26. The van der Waals surface area contributed by atoms with E-state index in [1.54, 1.807) is 13.0 Å². The highest BCUT2D eigenvalue weighted by molar-refractivity contribution is 5.41. The predicted octanol–water partition coefficient (Wildman–Crippen LogP) is 2.20.